The van der Waals surface area contributed by atoms with Gasteiger partial charge < -0.3 is 15.0 Å². The van der Waals surface area contributed by atoms with E-state index in [1.165, 1.54) is 49.0 Å². The second-order valence-corrected chi connectivity index (χ2v) is 6.06. The number of anilines is 1. The van der Waals surface area contributed by atoms with Gasteiger partial charge in [-0.3, -0.25) is 0 Å². The topological polar surface area (TPSA) is 24.5 Å². The van der Waals surface area contributed by atoms with Crippen molar-refractivity contribution in [3.8, 4) is 0 Å². The van der Waals surface area contributed by atoms with Gasteiger partial charge >= 0.3 is 0 Å². The van der Waals surface area contributed by atoms with Crippen LogP contribution >= 0.6 is 0 Å². The van der Waals surface area contributed by atoms with E-state index in [4.69, 9.17) is 4.74 Å². The molecule has 0 atom stereocenters. The third kappa shape index (κ3) is 5.01. The molecule has 2 rings (SSSR count). The van der Waals surface area contributed by atoms with Crippen LogP contribution in [0.1, 0.15) is 43.7 Å². The highest BCUT2D eigenvalue weighted by molar-refractivity contribution is 5.52. The summed E-state index contributed by atoms with van der Waals surface area (Å²) in [5.74, 6) is 0. The number of benzene rings is 1. The molecule has 0 radical (unpaired) electrons. The van der Waals surface area contributed by atoms with E-state index in [0.717, 1.165) is 25.7 Å². The largest absolute Gasteiger partial charge is 0.383 e. The fourth-order valence-corrected chi connectivity index (χ4v) is 2.69. The summed E-state index contributed by atoms with van der Waals surface area (Å²) in [6, 6.07) is 7.74. The summed E-state index contributed by atoms with van der Waals surface area (Å²) in [7, 11) is 1.74. The van der Waals surface area contributed by atoms with Crippen LogP contribution in [-0.4, -0.2) is 32.8 Å². The summed E-state index contributed by atoms with van der Waals surface area (Å²) < 4.78 is 5.06. The Morgan fingerprint density at radius 1 is 1.33 bits per heavy atom. The standard InChI is InChI=1S/C18H30N2O/c1-4-5-11-20(17-8-9-17)18-7-6-16(15(2)13-18)14-19-10-12-21-3/h6-7,13,17,19H,4-5,8-12,14H2,1-3H3. The van der Waals surface area contributed by atoms with Gasteiger partial charge in [-0.05, 0) is 49.4 Å². The number of unbranched alkanes of at least 4 members (excludes halogenated alkanes) is 1. The van der Waals surface area contributed by atoms with Crippen LogP contribution in [0, 0.1) is 6.92 Å². The molecule has 1 N–H and O–H groups in total. The van der Waals surface area contributed by atoms with Crippen LogP contribution in [0.4, 0.5) is 5.69 Å². The van der Waals surface area contributed by atoms with Gasteiger partial charge in [0.2, 0.25) is 0 Å². The number of nitrogens with one attached hydrogen (secondary N) is 1. The lowest BCUT2D eigenvalue weighted by molar-refractivity contribution is 0.199. The van der Waals surface area contributed by atoms with Crippen molar-refractivity contribution in [1.82, 2.24) is 5.32 Å². The highest BCUT2D eigenvalue weighted by atomic mass is 16.5. The van der Waals surface area contributed by atoms with Gasteiger partial charge in [0.1, 0.15) is 0 Å². The molecule has 1 fully saturated rings. The Labute approximate surface area is 129 Å². The first-order valence-corrected chi connectivity index (χ1v) is 8.32. The third-order valence-electron chi connectivity index (χ3n) is 4.20. The molecule has 3 heteroatoms. The summed E-state index contributed by atoms with van der Waals surface area (Å²) in [6.45, 7) is 8.29. The molecule has 1 aromatic rings. The first-order chi connectivity index (χ1) is 10.3. The van der Waals surface area contributed by atoms with Crippen LogP contribution < -0.4 is 10.2 Å². The summed E-state index contributed by atoms with van der Waals surface area (Å²) >= 11 is 0. The van der Waals surface area contributed by atoms with E-state index in [1.807, 2.05) is 0 Å². The highest BCUT2D eigenvalue weighted by Crippen LogP contribution is 2.32. The van der Waals surface area contributed by atoms with Crippen molar-refractivity contribution in [2.24, 2.45) is 0 Å². The molecule has 0 saturated heterocycles. The van der Waals surface area contributed by atoms with Gasteiger partial charge in [-0.15, -0.1) is 0 Å². The SMILES string of the molecule is CCCCN(c1ccc(CNCCOC)c(C)c1)C1CC1. The Kier molecular flexibility index (Phi) is 6.52. The zero-order valence-electron chi connectivity index (χ0n) is 13.8. The maximum absolute atomic E-state index is 5.06. The molecule has 1 aliphatic carbocycles. The summed E-state index contributed by atoms with van der Waals surface area (Å²) in [5.41, 5.74) is 4.18. The lowest BCUT2D eigenvalue weighted by Crippen LogP contribution is -2.27. The van der Waals surface area contributed by atoms with Gasteiger partial charge in [-0.1, -0.05) is 19.4 Å². The maximum atomic E-state index is 5.06. The fourth-order valence-electron chi connectivity index (χ4n) is 2.69. The second kappa shape index (κ2) is 8.40. The lowest BCUT2D eigenvalue weighted by atomic mass is 10.1. The first-order valence-electron chi connectivity index (χ1n) is 8.32. The van der Waals surface area contributed by atoms with E-state index in [-0.39, 0.29) is 0 Å². The van der Waals surface area contributed by atoms with Crippen molar-refractivity contribution in [3.63, 3.8) is 0 Å². The van der Waals surface area contributed by atoms with Crippen LogP contribution in [0.3, 0.4) is 0 Å². The molecular weight excluding hydrogens is 260 g/mol. The number of methoxy groups -OCH3 is 1. The molecule has 0 heterocycles. The number of hydrogen-bond donors (Lipinski definition) is 1. The summed E-state index contributed by atoms with van der Waals surface area (Å²) in [4.78, 5) is 2.61. The van der Waals surface area contributed by atoms with Crippen LogP contribution in [0.25, 0.3) is 0 Å². The number of ether oxygens (including phenoxy) is 1. The van der Waals surface area contributed by atoms with Crippen LogP contribution in [0.15, 0.2) is 18.2 Å². The summed E-state index contributed by atoms with van der Waals surface area (Å²) in [5, 5.41) is 3.42. The van der Waals surface area contributed by atoms with Crippen molar-refractivity contribution in [2.75, 3.05) is 31.7 Å². The zero-order chi connectivity index (χ0) is 15.1. The van der Waals surface area contributed by atoms with Crippen molar-refractivity contribution in [1.29, 1.82) is 0 Å². The molecule has 0 aliphatic heterocycles. The Balaban J connectivity index is 1.96. The van der Waals surface area contributed by atoms with Crippen LogP contribution in [-0.2, 0) is 11.3 Å². The second-order valence-electron chi connectivity index (χ2n) is 6.06. The maximum Gasteiger partial charge on any atom is 0.0587 e. The first kappa shape index (κ1) is 16.3. The molecule has 1 aliphatic rings. The van der Waals surface area contributed by atoms with Gasteiger partial charge in [0.15, 0.2) is 0 Å². The van der Waals surface area contributed by atoms with Gasteiger partial charge in [-0.25, -0.2) is 0 Å². The molecule has 3 nitrogen and oxygen atoms in total. The van der Waals surface area contributed by atoms with Gasteiger partial charge in [0, 0.05) is 38.5 Å². The predicted octanol–water partition coefficient (Wildman–Crippen LogP) is 3.50. The molecule has 0 unspecified atom stereocenters. The van der Waals surface area contributed by atoms with Crippen LogP contribution in [0.2, 0.25) is 0 Å². The fraction of sp³-hybridized carbons (Fsp3) is 0.667. The highest BCUT2D eigenvalue weighted by Gasteiger charge is 2.28. The van der Waals surface area contributed by atoms with E-state index in [9.17, 15) is 0 Å². The monoisotopic (exact) mass is 290 g/mol. The van der Waals surface area contributed by atoms with Crippen molar-refractivity contribution >= 4 is 5.69 Å². The van der Waals surface area contributed by atoms with Gasteiger partial charge in [0.05, 0.1) is 6.61 Å². The normalized spacial score (nSPS) is 14.4. The Morgan fingerprint density at radius 3 is 2.76 bits per heavy atom. The van der Waals surface area contributed by atoms with Crippen molar-refractivity contribution in [3.05, 3.63) is 29.3 Å². The molecule has 0 amide bonds. The number of hydrogen-bond acceptors (Lipinski definition) is 3. The Bertz CT molecular complexity index is 429. The average molecular weight is 290 g/mol. The lowest BCUT2D eigenvalue weighted by Gasteiger charge is -2.25. The molecule has 21 heavy (non-hydrogen) atoms. The van der Waals surface area contributed by atoms with E-state index in [2.05, 4.69) is 42.3 Å². The third-order valence-corrected chi connectivity index (χ3v) is 4.20. The smallest absolute Gasteiger partial charge is 0.0587 e. The number of nitrogens with zero attached hydrogens (tertiary/aromatic N) is 1. The average Bonchev–Trinajstić information content (AvgIpc) is 3.30. The van der Waals surface area contributed by atoms with Crippen molar-refractivity contribution in [2.45, 2.75) is 52.1 Å². The molecule has 0 aromatic heterocycles. The predicted molar refractivity (Wildman–Crippen MR) is 90.0 cm³/mol. The molecule has 0 bridgehead atoms. The van der Waals surface area contributed by atoms with E-state index in [0.29, 0.717) is 0 Å². The number of rotatable bonds is 10. The Hall–Kier alpha value is -1.06. The van der Waals surface area contributed by atoms with Gasteiger partial charge in [0.25, 0.3) is 0 Å². The Morgan fingerprint density at radius 2 is 2.14 bits per heavy atom. The molecule has 0 spiro atoms. The quantitative estimate of drug-likeness (QED) is 0.668. The minimum Gasteiger partial charge on any atom is -0.383 e. The van der Waals surface area contributed by atoms with E-state index in [1.54, 1.807) is 7.11 Å². The number of aryl methyl sites for hydroxylation is 1. The van der Waals surface area contributed by atoms with Crippen LogP contribution in [0.5, 0.6) is 0 Å². The van der Waals surface area contributed by atoms with Gasteiger partial charge in [-0.2, -0.15) is 0 Å². The molecule has 118 valence electrons. The molecular formula is C18H30N2O. The molecule has 1 aromatic carbocycles. The molecule has 1 saturated carbocycles. The van der Waals surface area contributed by atoms with Crippen molar-refractivity contribution < 1.29 is 4.74 Å². The minimum absolute atomic E-state index is 0.767. The minimum atomic E-state index is 0.767. The van der Waals surface area contributed by atoms with E-state index >= 15 is 0 Å². The summed E-state index contributed by atoms with van der Waals surface area (Å²) in [6.07, 6.45) is 5.28. The zero-order valence-corrected chi connectivity index (χ0v) is 13.8. The van der Waals surface area contributed by atoms with E-state index < -0.39 is 0 Å².